The highest BCUT2D eigenvalue weighted by Gasteiger charge is 2.30. The highest BCUT2D eigenvalue weighted by molar-refractivity contribution is 6.04. The number of ether oxygens (including phenoxy) is 3. The van der Waals surface area contributed by atoms with Crippen LogP contribution in [0.5, 0.6) is 17.2 Å². The van der Waals surface area contributed by atoms with Crippen LogP contribution in [-0.4, -0.2) is 87.0 Å². The fraction of sp³-hybridized carbons (Fsp3) is 0.400. The van der Waals surface area contributed by atoms with Gasteiger partial charge in [-0.05, 0) is 36.9 Å². The van der Waals surface area contributed by atoms with Crippen molar-refractivity contribution in [2.24, 2.45) is 0 Å². The molecule has 0 aliphatic carbocycles. The first-order valence-corrected chi connectivity index (χ1v) is 11.4. The highest BCUT2D eigenvalue weighted by atomic mass is 16.5. The topological polar surface area (TPSA) is 88.6 Å². The largest absolute Gasteiger partial charge is 0.497 e. The van der Waals surface area contributed by atoms with Gasteiger partial charge in [-0.3, -0.25) is 19.3 Å². The van der Waals surface area contributed by atoms with Crippen LogP contribution in [-0.2, 0) is 9.59 Å². The Kier molecular flexibility index (Phi) is 7.32. The van der Waals surface area contributed by atoms with Gasteiger partial charge in [0, 0.05) is 37.8 Å². The summed E-state index contributed by atoms with van der Waals surface area (Å²) in [6, 6.07) is 11.9. The van der Waals surface area contributed by atoms with Crippen LogP contribution < -0.4 is 19.1 Å². The molecule has 2 aromatic rings. The molecule has 4 rings (SSSR count). The van der Waals surface area contributed by atoms with E-state index in [1.54, 1.807) is 54.5 Å². The van der Waals surface area contributed by atoms with Gasteiger partial charge in [-0.1, -0.05) is 13.0 Å². The monoisotopic (exact) mass is 467 g/mol. The first-order chi connectivity index (χ1) is 16.5. The quantitative estimate of drug-likeness (QED) is 0.548. The van der Waals surface area contributed by atoms with E-state index in [0.717, 1.165) is 19.6 Å². The molecule has 2 aromatic carbocycles. The molecule has 180 valence electrons. The van der Waals surface area contributed by atoms with Crippen LogP contribution in [0.2, 0.25) is 0 Å². The average molecular weight is 468 g/mol. The number of Topliss-reactive ketones (excluding diaryl/α,β-unsaturated/α-hetero) is 1. The van der Waals surface area contributed by atoms with E-state index >= 15 is 0 Å². The van der Waals surface area contributed by atoms with Crippen LogP contribution in [0.25, 0.3) is 0 Å². The highest BCUT2D eigenvalue weighted by Crippen LogP contribution is 2.33. The van der Waals surface area contributed by atoms with E-state index in [0.29, 0.717) is 41.6 Å². The molecule has 1 fully saturated rings. The summed E-state index contributed by atoms with van der Waals surface area (Å²) in [5.41, 5.74) is 0.790. The summed E-state index contributed by atoms with van der Waals surface area (Å²) in [5, 5.41) is 0. The lowest BCUT2D eigenvalue weighted by molar-refractivity contribution is -0.133. The van der Waals surface area contributed by atoms with E-state index in [1.807, 2.05) is 0 Å². The van der Waals surface area contributed by atoms with Crippen molar-refractivity contribution in [3.63, 3.8) is 0 Å². The SMILES string of the molecule is CCN1CCN(C(=O)CN2C(=O)COc3ccc(C(=O)COc4cccc(OC)c4)cc32)CC1. The van der Waals surface area contributed by atoms with E-state index in [-0.39, 0.29) is 37.4 Å². The Bertz CT molecular complexity index is 1060. The maximum absolute atomic E-state index is 12.9. The molecule has 0 spiro atoms. The molecule has 0 radical (unpaired) electrons. The summed E-state index contributed by atoms with van der Waals surface area (Å²) in [5.74, 6) is 0.921. The van der Waals surface area contributed by atoms with Gasteiger partial charge in [0.25, 0.3) is 5.91 Å². The number of carbonyl (C=O) groups excluding carboxylic acids is 3. The molecule has 0 N–H and O–H groups in total. The molecule has 0 unspecified atom stereocenters. The van der Waals surface area contributed by atoms with Gasteiger partial charge in [0.1, 0.15) is 23.8 Å². The van der Waals surface area contributed by atoms with Crippen molar-refractivity contribution >= 4 is 23.3 Å². The third kappa shape index (κ3) is 5.31. The van der Waals surface area contributed by atoms with Gasteiger partial charge in [0.05, 0.1) is 12.8 Å². The minimum Gasteiger partial charge on any atom is -0.497 e. The Hall–Kier alpha value is -3.59. The second-order valence-electron chi connectivity index (χ2n) is 8.16. The number of benzene rings is 2. The Balaban J connectivity index is 1.45. The van der Waals surface area contributed by atoms with Crippen LogP contribution in [0.3, 0.4) is 0 Å². The Labute approximate surface area is 198 Å². The number of anilines is 1. The molecule has 0 bridgehead atoms. The van der Waals surface area contributed by atoms with Crippen molar-refractivity contribution in [2.75, 3.05) is 64.5 Å². The number of piperazine rings is 1. The van der Waals surface area contributed by atoms with E-state index in [4.69, 9.17) is 14.2 Å². The fourth-order valence-corrected chi connectivity index (χ4v) is 4.02. The van der Waals surface area contributed by atoms with Gasteiger partial charge < -0.3 is 24.0 Å². The van der Waals surface area contributed by atoms with Crippen LogP contribution in [0.1, 0.15) is 17.3 Å². The van der Waals surface area contributed by atoms with E-state index in [9.17, 15) is 14.4 Å². The lowest BCUT2D eigenvalue weighted by atomic mass is 10.1. The molecule has 2 amide bonds. The first-order valence-electron chi connectivity index (χ1n) is 11.4. The molecule has 0 atom stereocenters. The predicted molar refractivity (Wildman–Crippen MR) is 126 cm³/mol. The van der Waals surface area contributed by atoms with Gasteiger partial charge in [-0.25, -0.2) is 0 Å². The van der Waals surface area contributed by atoms with Gasteiger partial charge in [-0.2, -0.15) is 0 Å². The molecule has 9 nitrogen and oxygen atoms in total. The molecular weight excluding hydrogens is 438 g/mol. The van der Waals surface area contributed by atoms with E-state index < -0.39 is 0 Å². The van der Waals surface area contributed by atoms with Crippen molar-refractivity contribution in [1.29, 1.82) is 0 Å². The lowest BCUT2D eigenvalue weighted by Gasteiger charge is -2.36. The average Bonchev–Trinajstić information content (AvgIpc) is 2.88. The number of hydrogen-bond acceptors (Lipinski definition) is 7. The number of ketones is 1. The van der Waals surface area contributed by atoms with Crippen LogP contribution in [0.4, 0.5) is 5.69 Å². The Morgan fingerprint density at radius 3 is 2.53 bits per heavy atom. The Morgan fingerprint density at radius 1 is 1.03 bits per heavy atom. The zero-order valence-electron chi connectivity index (χ0n) is 19.5. The molecule has 2 heterocycles. The second-order valence-corrected chi connectivity index (χ2v) is 8.16. The van der Waals surface area contributed by atoms with Crippen molar-refractivity contribution in [3.05, 3.63) is 48.0 Å². The minimum atomic E-state index is -0.315. The standard InChI is InChI=1S/C25H29N3O6/c1-3-26-9-11-27(12-10-26)24(30)15-28-21-13-18(7-8-23(21)34-17-25(28)31)22(29)16-33-20-6-4-5-19(14-20)32-2/h4-8,13-14H,3,9-12,15-17H2,1-2H3. The smallest absolute Gasteiger partial charge is 0.265 e. The Morgan fingerprint density at radius 2 is 1.79 bits per heavy atom. The number of nitrogens with zero attached hydrogens (tertiary/aromatic N) is 3. The molecule has 0 saturated carbocycles. The van der Waals surface area contributed by atoms with E-state index in [2.05, 4.69) is 11.8 Å². The third-order valence-corrected chi connectivity index (χ3v) is 6.10. The van der Waals surface area contributed by atoms with E-state index in [1.165, 1.54) is 4.90 Å². The van der Waals surface area contributed by atoms with Crippen molar-refractivity contribution < 1.29 is 28.6 Å². The minimum absolute atomic E-state index is 0.0841. The van der Waals surface area contributed by atoms with Crippen molar-refractivity contribution in [1.82, 2.24) is 9.80 Å². The number of amides is 2. The van der Waals surface area contributed by atoms with Gasteiger partial charge >= 0.3 is 0 Å². The number of likely N-dealkylation sites (N-methyl/N-ethyl adjacent to an activating group) is 1. The maximum atomic E-state index is 12.9. The molecule has 34 heavy (non-hydrogen) atoms. The number of methoxy groups -OCH3 is 1. The van der Waals surface area contributed by atoms with Gasteiger partial charge in [-0.15, -0.1) is 0 Å². The van der Waals surface area contributed by atoms with Crippen molar-refractivity contribution in [2.45, 2.75) is 6.92 Å². The molecule has 9 heteroatoms. The summed E-state index contributed by atoms with van der Waals surface area (Å²) in [6.45, 7) is 5.56. The molecular formula is C25H29N3O6. The zero-order chi connectivity index (χ0) is 24.1. The number of hydrogen-bond donors (Lipinski definition) is 0. The number of carbonyl (C=O) groups is 3. The summed E-state index contributed by atoms with van der Waals surface area (Å²) < 4.78 is 16.3. The summed E-state index contributed by atoms with van der Waals surface area (Å²) in [6.07, 6.45) is 0. The molecule has 2 aliphatic heterocycles. The summed E-state index contributed by atoms with van der Waals surface area (Å²) in [7, 11) is 1.56. The maximum Gasteiger partial charge on any atom is 0.265 e. The molecule has 0 aromatic heterocycles. The normalized spacial score (nSPS) is 16.0. The lowest BCUT2D eigenvalue weighted by Crippen LogP contribution is -2.52. The van der Waals surface area contributed by atoms with Crippen LogP contribution in [0.15, 0.2) is 42.5 Å². The van der Waals surface area contributed by atoms with Crippen molar-refractivity contribution in [3.8, 4) is 17.2 Å². The molecule has 2 aliphatic rings. The van der Waals surface area contributed by atoms with Gasteiger partial charge in [0.2, 0.25) is 5.91 Å². The third-order valence-electron chi connectivity index (χ3n) is 6.10. The van der Waals surface area contributed by atoms with Crippen LogP contribution in [0, 0.1) is 0 Å². The fourth-order valence-electron chi connectivity index (χ4n) is 4.02. The predicted octanol–water partition coefficient (Wildman–Crippen LogP) is 1.85. The van der Waals surface area contributed by atoms with Gasteiger partial charge in [0.15, 0.2) is 19.0 Å². The number of rotatable bonds is 8. The van der Waals surface area contributed by atoms with Crippen LogP contribution >= 0.6 is 0 Å². The zero-order valence-corrected chi connectivity index (χ0v) is 19.5. The summed E-state index contributed by atoms with van der Waals surface area (Å²) >= 11 is 0. The second kappa shape index (κ2) is 10.6. The summed E-state index contributed by atoms with van der Waals surface area (Å²) in [4.78, 5) is 43.8. The molecule has 1 saturated heterocycles. The first kappa shape index (κ1) is 23.6. The number of fused-ring (bicyclic) bond motifs is 1.